The van der Waals surface area contributed by atoms with Gasteiger partial charge in [-0.3, -0.25) is 9.59 Å². The third-order valence-electron chi connectivity index (χ3n) is 7.07. The summed E-state index contributed by atoms with van der Waals surface area (Å²) in [6.45, 7) is 4.23. The van der Waals surface area contributed by atoms with Crippen LogP contribution in [0.4, 0.5) is 5.69 Å². The zero-order valence-corrected chi connectivity index (χ0v) is 22.0. The first kappa shape index (κ1) is 24.3. The van der Waals surface area contributed by atoms with Crippen LogP contribution in [0, 0.1) is 0 Å². The zero-order chi connectivity index (χ0) is 26.1. The maximum Gasteiger partial charge on any atom is 0.259 e. The number of benzene rings is 4. The minimum Gasteiger partial charge on any atom is -0.494 e. The van der Waals surface area contributed by atoms with Crippen LogP contribution in [-0.2, 0) is 19.5 Å². The first-order valence-corrected chi connectivity index (χ1v) is 13.7. The van der Waals surface area contributed by atoms with Gasteiger partial charge in [0.15, 0.2) is 0 Å². The predicted octanol–water partition coefficient (Wildman–Crippen LogP) is 6.60. The molecule has 0 saturated carbocycles. The molecule has 190 valence electrons. The van der Waals surface area contributed by atoms with Crippen LogP contribution < -0.4 is 9.64 Å². The number of carbonyl (C=O) groups is 2. The molecule has 2 heterocycles. The molecule has 2 aliphatic heterocycles. The van der Waals surface area contributed by atoms with E-state index in [0.717, 1.165) is 33.2 Å². The lowest BCUT2D eigenvalue weighted by Gasteiger charge is -2.29. The van der Waals surface area contributed by atoms with Crippen molar-refractivity contribution in [3.8, 4) is 5.75 Å². The molecular weight excluding hydrogens is 492 g/mol. The van der Waals surface area contributed by atoms with Crippen molar-refractivity contribution in [1.29, 1.82) is 0 Å². The standard InChI is InChI=1S/C32H28N2O3S/c1-2-37-26-14-11-22(12-15-26)20-34-28-19-24(31(35)33-18-17-23-7-3-4-8-25(23)21-33)13-16-30(28)38-29-10-6-5-9-27(29)32(34)36/h3-16,19H,2,17-18,20-21H2,1H3. The molecule has 0 atom stereocenters. The number of hydrogen-bond acceptors (Lipinski definition) is 4. The van der Waals surface area contributed by atoms with E-state index in [1.54, 1.807) is 16.7 Å². The number of carbonyl (C=O) groups excluding carboxylic acids is 2. The molecule has 0 bridgehead atoms. The Balaban J connectivity index is 1.35. The molecule has 0 spiro atoms. The number of rotatable bonds is 5. The summed E-state index contributed by atoms with van der Waals surface area (Å²) in [5, 5.41) is 0. The first-order valence-electron chi connectivity index (χ1n) is 12.9. The summed E-state index contributed by atoms with van der Waals surface area (Å²) in [7, 11) is 0. The van der Waals surface area contributed by atoms with Crippen molar-refractivity contribution < 1.29 is 14.3 Å². The second-order valence-corrected chi connectivity index (χ2v) is 10.6. The largest absolute Gasteiger partial charge is 0.494 e. The number of fused-ring (bicyclic) bond motifs is 3. The smallest absolute Gasteiger partial charge is 0.259 e. The van der Waals surface area contributed by atoms with Crippen LogP contribution in [0.5, 0.6) is 5.75 Å². The average molecular weight is 521 g/mol. The van der Waals surface area contributed by atoms with Crippen LogP contribution in [0.3, 0.4) is 0 Å². The van der Waals surface area contributed by atoms with Crippen LogP contribution in [0.2, 0.25) is 0 Å². The van der Waals surface area contributed by atoms with Gasteiger partial charge in [-0.15, -0.1) is 0 Å². The molecule has 0 N–H and O–H groups in total. The number of amides is 2. The maximum atomic E-state index is 13.9. The van der Waals surface area contributed by atoms with Gasteiger partial charge in [0.25, 0.3) is 11.8 Å². The van der Waals surface area contributed by atoms with Crippen LogP contribution in [0.15, 0.2) is 101 Å². The van der Waals surface area contributed by atoms with Crippen LogP contribution in [0.1, 0.15) is 44.3 Å². The molecule has 0 radical (unpaired) electrons. The van der Waals surface area contributed by atoms with Gasteiger partial charge >= 0.3 is 0 Å². The molecule has 4 aromatic carbocycles. The van der Waals surface area contributed by atoms with Crippen molar-refractivity contribution in [3.05, 3.63) is 119 Å². The maximum absolute atomic E-state index is 13.9. The fraction of sp³-hybridized carbons (Fsp3) is 0.188. The van der Waals surface area contributed by atoms with Gasteiger partial charge in [0.1, 0.15) is 5.75 Å². The van der Waals surface area contributed by atoms with Crippen molar-refractivity contribution in [1.82, 2.24) is 4.90 Å². The Bertz CT molecular complexity index is 1520. The van der Waals surface area contributed by atoms with Gasteiger partial charge in [0.05, 0.1) is 24.4 Å². The van der Waals surface area contributed by atoms with Crippen LogP contribution in [-0.4, -0.2) is 29.9 Å². The van der Waals surface area contributed by atoms with Crippen molar-refractivity contribution in [2.45, 2.75) is 36.2 Å². The summed E-state index contributed by atoms with van der Waals surface area (Å²) in [5.74, 6) is 0.718. The molecule has 38 heavy (non-hydrogen) atoms. The molecule has 2 aliphatic rings. The number of ether oxygens (including phenoxy) is 1. The van der Waals surface area contributed by atoms with Gasteiger partial charge < -0.3 is 14.5 Å². The van der Waals surface area contributed by atoms with E-state index in [4.69, 9.17) is 4.74 Å². The summed E-state index contributed by atoms with van der Waals surface area (Å²) >= 11 is 1.57. The van der Waals surface area contributed by atoms with Gasteiger partial charge in [0, 0.05) is 28.4 Å². The highest BCUT2D eigenvalue weighted by Gasteiger charge is 2.29. The van der Waals surface area contributed by atoms with Crippen molar-refractivity contribution in [2.75, 3.05) is 18.1 Å². The fourth-order valence-corrected chi connectivity index (χ4v) is 6.16. The fourth-order valence-electron chi connectivity index (χ4n) is 5.10. The molecular formula is C32H28N2O3S. The number of hydrogen-bond donors (Lipinski definition) is 0. The van der Waals surface area contributed by atoms with Crippen molar-refractivity contribution in [3.63, 3.8) is 0 Å². The second-order valence-electron chi connectivity index (χ2n) is 9.49. The Labute approximate surface area is 227 Å². The highest BCUT2D eigenvalue weighted by molar-refractivity contribution is 7.99. The Morgan fingerprint density at radius 1 is 0.895 bits per heavy atom. The lowest BCUT2D eigenvalue weighted by molar-refractivity contribution is 0.0734. The molecule has 0 unspecified atom stereocenters. The molecule has 4 aromatic rings. The zero-order valence-electron chi connectivity index (χ0n) is 21.2. The molecule has 5 nitrogen and oxygen atoms in total. The number of anilines is 1. The van der Waals surface area contributed by atoms with E-state index >= 15 is 0 Å². The molecule has 6 rings (SSSR count). The van der Waals surface area contributed by atoms with Crippen molar-refractivity contribution >= 4 is 29.3 Å². The van der Waals surface area contributed by atoms with Gasteiger partial charge in [-0.1, -0.05) is 60.3 Å². The monoisotopic (exact) mass is 520 g/mol. The minimum atomic E-state index is -0.0720. The summed E-state index contributed by atoms with van der Waals surface area (Å²) in [6.07, 6.45) is 0.848. The third kappa shape index (κ3) is 4.68. The van der Waals surface area contributed by atoms with E-state index in [9.17, 15) is 9.59 Å². The molecule has 0 aliphatic carbocycles. The van der Waals surface area contributed by atoms with E-state index in [1.807, 2.05) is 84.6 Å². The Kier molecular flexibility index (Phi) is 6.64. The first-order chi connectivity index (χ1) is 18.6. The van der Waals surface area contributed by atoms with E-state index in [0.29, 0.717) is 37.4 Å². The molecule has 0 aromatic heterocycles. The summed E-state index contributed by atoms with van der Waals surface area (Å²) in [5.41, 5.74) is 5.51. The quantitative estimate of drug-likeness (QED) is 0.298. The van der Waals surface area contributed by atoms with Gasteiger partial charge in [0.2, 0.25) is 0 Å². The molecule has 6 heteroatoms. The van der Waals surface area contributed by atoms with Gasteiger partial charge in [-0.2, -0.15) is 0 Å². The molecule has 0 saturated heterocycles. The topological polar surface area (TPSA) is 49.9 Å². The predicted molar refractivity (Wildman–Crippen MR) is 150 cm³/mol. The third-order valence-corrected chi connectivity index (χ3v) is 8.21. The van der Waals surface area contributed by atoms with Crippen LogP contribution in [0.25, 0.3) is 0 Å². The highest BCUT2D eigenvalue weighted by Crippen LogP contribution is 2.42. The second kappa shape index (κ2) is 10.4. The van der Waals surface area contributed by atoms with Crippen molar-refractivity contribution in [2.24, 2.45) is 0 Å². The van der Waals surface area contributed by atoms with E-state index in [1.165, 1.54) is 11.1 Å². The van der Waals surface area contributed by atoms with E-state index in [-0.39, 0.29) is 11.8 Å². The minimum absolute atomic E-state index is 0.0115. The average Bonchev–Trinajstić information content (AvgIpc) is 3.07. The Hall–Kier alpha value is -4.03. The lowest BCUT2D eigenvalue weighted by Crippen LogP contribution is -2.36. The normalized spacial score (nSPS) is 14.3. The molecule has 2 amide bonds. The Morgan fingerprint density at radius 2 is 1.66 bits per heavy atom. The Morgan fingerprint density at radius 3 is 2.47 bits per heavy atom. The summed E-state index contributed by atoms with van der Waals surface area (Å²) in [6, 6.07) is 29.6. The SMILES string of the molecule is CCOc1ccc(CN2C(=O)c3ccccc3Sc3ccc(C(=O)N4CCc5ccccc5C4)cc32)cc1. The number of nitrogens with zero attached hydrogens (tertiary/aromatic N) is 2. The highest BCUT2D eigenvalue weighted by atomic mass is 32.2. The lowest BCUT2D eigenvalue weighted by atomic mass is 9.99. The van der Waals surface area contributed by atoms with E-state index in [2.05, 4.69) is 18.2 Å². The van der Waals surface area contributed by atoms with Crippen LogP contribution >= 0.6 is 11.8 Å². The summed E-state index contributed by atoms with van der Waals surface area (Å²) < 4.78 is 5.59. The van der Waals surface area contributed by atoms with Gasteiger partial charge in [-0.25, -0.2) is 0 Å². The summed E-state index contributed by atoms with van der Waals surface area (Å²) in [4.78, 5) is 33.1. The molecule has 0 fully saturated rings. The van der Waals surface area contributed by atoms with Gasteiger partial charge in [-0.05, 0) is 72.5 Å². The van der Waals surface area contributed by atoms with E-state index < -0.39 is 0 Å².